The average molecular weight is 460 g/mol. The maximum atomic E-state index is 12.8. The van der Waals surface area contributed by atoms with Crippen molar-refractivity contribution in [3.05, 3.63) is 65.2 Å². The molecule has 2 aromatic carbocycles. The molecule has 0 unspecified atom stereocenters. The largest absolute Gasteiger partial charge is 0.350 e. The van der Waals surface area contributed by atoms with Gasteiger partial charge in [-0.05, 0) is 45.0 Å². The van der Waals surface area contributed by atoms with Crippen LogP contribution < -0.4 is 15.4 Å². The number of nitrogens with zero attached hydrogens (tertiary/aromatic N) is 2. The molecule has 0 spiro atoms. The first-order chi connectivity index (χ1) is 14.7. The number of benzene rings is 2. The van der Waals surface area contributed by atoms with Crippen molar-refractivity contribution >= 4 is 44.0 Å². The van der Waals surface area contributed by atoms with E-state index >= 15 is 0 Å². The molecule has 162 valence electrons. The number of aromatic nitrogens is 2. The molecule has 2 amide bonds. The minimum Gasteiger partial charge on any atom is -0.350 e. The molecule has 9 nitrogen and oxygen atoms in total. The molecule has 1 aromatic heterocycles. The second kappa shape index (κ2) is 9.23. The number of carbonyl (C=O) groups is 2. The Bertz CT molecular complexity index is 1220. The van der Waals surface area contributed by atoms with Gasteiger partial charge in [-0.1, -0.05) is 41.2 Å². The fourth-order valence-corrected chi connectivity index (χ4v) is 4.60. The Morgan fingerprint density at radius 3 is 2.45 bits per heavy atom. The van der Waals surface area contributed by atoms with Crippen LogP contribution in [0.15, 0.2) is 52.9 Å². The van der Waals surface area contributed by atoms with Gasteiger partial charge >= 0.3 is 0 Å². The molecule has 0 atom stereocenters. The van der Waals surface area contributed by atoms with Crippen LogP contribution in [-0.4, -0.2) is 36.5 Å². The lowest BCUT2D eigenvalue weighted by Gasteiger charge is -2.13. The van der Waals surface area contributed by atoms with Crippen LogP contribution in [-0.2, 0) is 10.0 Å². The zero-order chi connectivity index (χ0) is 22.6. The predicted octanol–water partition coefficient (Wildman–Crippen LogP) is 3.04. The maximum absolute atomic E-state index is 12.8. The third-order valence-electron chi connectivity index (χ3n) is 3.97. The third kappa shape index (κ3) is 5.64. The number of sulfonamides is 1. The minimum atomic E-state index is -4.12. The summed E-state index contributed by atoms with van der Waals surface area (Å²) >= 11 is 0.706. The van der Waals surface area contributed by atoms with Gasteiger partial charge in [0.1, 0.15) is 0 Å². The molecule has 31 heavy (non-hydrogen) atoms. The van der Waals surface area contributed by atoms with Crippen LogP contribution in [0.3, 0.4) is 0 Å². The van der Waals surface area contributed by atoms with Gasteiger partial charge in [0.15, 0.2) is 0 Å². The van der Waals surface area contributed by atoms with Crippen molar-refractivity contribution < 1.29 is 18.0 Å². The predicted molar refractivity (Wildman–Crippen MR) is 119 cm³/mol. The molecule has 0 bridgehead atoms. The fourth-order valence-electron chi connectivity index (χ4n) is 2.62. The number of para-hydroxylation sites is 1. The first-order valence-electron chi connectivity index (χ1n) is 9.30. The van der Waals surface area contributed by atoms with E-state index in [0.717, 1.165) is 5.56 Å². The maximum Gasteiger partial charge on any atom is 0.291 e. The minimum absolute atomic E-state index is 0.0396. The Balaban J connectivity index is 1.78. The third-order valence-corrected chi connectivity index (χ3v) is 6.54. The molecule has 3 rings (SSSR count). The molecular formula is C20H21N5O4S2. The number of amides is 2. The summed E-state index contributed by atoms with van der Waals surface area (Å²) in [6.45, 7) is 5.47. The van der Waals surface area contributed by atoms with Crippen molar-refractivity contribution in [1.29, 1.82) is 0 Å². The molecule has 0 fully saturated rings. The zero-order valence-corrected chi connectivity index (χ0v) is 18.7. The number of nitrogens with one attached hydrogen (secondary N) is 3. The van der Waals surface area contributed by atoms with E-state index in [-0.39, 0.29) is 26.8 Å². The van der Waals surface area contributed by atoms with E-state index < -0.39 is 21.8 Å². The van der Waals surface area contributed by atoms with Crippen molar-refractivity contribution in [2.75, 3.05) is 10.0 Å². The standard InChI is InChI=1S/C20H21N5O4S2/c1-12(2)21-18(27)15-9-4-5-10-16(15)25-31(28,29)20-24-23-19(30-20)22-17(26)14-8-6-7-13(3)11-14/h4-12,25H,1-3H3,(H,21,27)(H,22,23,26). The van der Waals surface area contributed by atoms with Crippen LogP contribution in [0.25, 0.3) is 0 Å². The summed E-state index contributed by atoms with van der Waals surface area (Å²) in [6, 6.07) is 13.1. The molecule has 3 N–H and O–H groups in total. The van der Waals surface area contributed by atoms with E-state index in [2.05, 4.69) is 25.6 Å². The average Bonchev–Trinajstić information content (AvgIpc) is 3.17. The van der Waals surface area contributed by atoms with Gasteiger partial charge in [-0.25, -0.2) is 0 Å². The Hall–Kier alpha value is -3.31. The SMILES string of the molecule is Cc1cccc(C(=O)Nc2nnc(S(=O)(=O)Nc3ccccc3C(=O)NC(C)C)s2)c1. The van der Waals surface area contributed by atoms with Crippen LogP contribution in [0.1, 0.15) is 40.1 Å². The molecule has 0 aliphatic carbocycles. The highest BCUT2D eigenvalue weighted by Gasteiger charge is 2.23. The first kappa shape index (κ1) is 22.4. The second-order valence-corrected chi connectivity index (χ2v) is 9.81. The number of hydrogen-bond donors (Lipinski definition) is 3. The lowest BCUT2D eigenvalue weighted by molar-refractivity contribution is 0.0943. The van der Waals surface area contributed by atoms with E-state index in [1.165, 1.54) is 12.1 Å². The smallest absolute Gasteiger partial charge is 0.291 e. The van der Waals surface area contributed by atoms with E-state index in [9.17, 15) is 18.0 Å². The summed E-state index contributed by atoms with van der Waals surface area (Å²) < 4.78 is 27.6. The highest BCUT2D eigenvalue weighted by atomic mass is 32.2. The summed E-state index contributed by atoms with van der Waals surface area (Å²) in [4.78, 5) is 24.7. The van der Waals surface area contributed by atoms with Gasteiger partial charge in [0.25, 0.3) is 26.2 Å². The Kier molecular flexibility index (Phi) is 6.66. The van der Waals surface area contributed by atoms with Gasteiger partial charge in [-0.2, -0.15) is 8.42 Å². The Morgan fingerprint density at radius 2 is 1.74 bits per heavy atom. The number of anilines is 2. The number of rotatable bonds is 7. The molecule has 3 aromatic rings. The Morgan fingerprint density at radius 1 is 1.00 bits per heavy atom. The molecule has 0 saturated heterocycles. The molecule has 0 radical (unpaired) electrons. The zero-order valence-electron chi connectivity index (χ0n) is 17.0. The Labute approximate surface area is 184 Å². The highest BCUT2D eigenvalue weighted by Crippen LogP contribution is 2.25. The first-order valence-corrected chi connectivity index (χ1v) is 11.6. The quantitative estimate of drug-likeness (QED) is 0.466. The van der Waals surface area contributed by atoms with E-state index in [0.29, 0.717) is 16.9 Å². The van der Waals surface area contributed by atoms with Crippen LogP contribution >= 0.6 is 11.3 Å². The number of carbonyl (C=O) groups excluding carboxylic acids is 2. The van der Waals surface area contributed by atoms with Gasteiger partial charge in [0.05, 0.1) is 11.3 Å². The van der Waals surface area contributed by atoms with Gasteiger partial charge in [0.2, 0.25) is 5.13 Å². The summed E-state index contributed by atoms with van der Waals surface area (Å²) in [6.07, 6.45) is 0. The van der Waals surface area contributed by atoms with Gasteiger partial charge in [-0.3, -0.25) is 19.6 Å². The van der Waals surface area contributed by atoms with Crippen LogP contribution in [0.2, 0.25) is 0 Å². The van der Waals surface area contributed by atoms with Crippen molar-refractivity contribution in [2.45, 2.75) is 31.2 Å². The monoisotopic (exact) mass is 459 g/mol. The van der Waals surface area contributed by atoms with E-state index in [1.807, 2.05) is 13.0 Å². The van der Waals surface area contributed by atoms with Crippen LogP contribution in [0.5, 0.6) is 0 Å². The van der Waals surface area contributed by atoms with Gasteiger partial charge < -0.3 is 5.32 Å². The van der Waals surface area contributed by atoms with E-state index in [1.54, 1.807) is 44.2 Å². The molecule has 1 heterocycles. The molecule has 0 aliphatic heterocycles. The van der Waals surface area contributed by atoms with Crippen molar-refractivity contribution in [3.63, 3.8) is 0 Å². The molecule has 11 heteroatoms. The van der Waals surface area contributed by atoms with Crippen molar-refractivity contribution in [3.8, 4) is 0 Å². The lowest BCUT2D eigenvalue weighted by Crippen LogP contribution is -2.31. The fraction of sp³-hybridized carbons (Fsp3) is 0.200. The normalized spacial score (nSPS) is 11.2. The highest BCUT2D eigenvalue weighted by molar-refractivity contribution is 7.94. The van der Waals surface area contributed by atoms with Gasteiger partial charge in [-0.15, -0.1) is 10.2 Å². The summed E-state index contributed by atoms with van der Waals surface area (Å²) in [5.41, 5.74) is 1.62. The summed E-state index contributed by atoms with van der Waals surface area (Å²) in [7, 11) is -4.12. The lowest BCUT2D eigenvalue weighted by atomic mass is 10.1. The van der Waals surface area contributed by atoms with Crippen molar-refractivity contribution in [2.24, 2.45) is 0 Å². The molecule has 0 saturated carbocycles. The van der Waals surface area contributed by atoms with Crippen molar-refractivity contribution in [1.82, 2.24) is 15.5 Å². The van der Waals surface area contributed by atoms with Crippen LogP contribution in [0, 0.1) is 6.92 Å². The molecular weight excluding hydrogens is 438 g/mol. The topological polar surface area (TPSA) is 130 Å². The van der Waals surface area contributed by atoms with Crippen LogP contribution in [0.4, 0.5) is 10.8 Å². The summed E-state index contributed by atoms with van der Waals surface area (Å²) in [5, 5.41) is 12.7. The van der Waals surface area contributed by atoms with E-state index in [4.69, 9.17) is 0 Å². The second-order valence-electron chi connectivity index (χ2n) is 6.98. The number of hydrogen-bond acceptors (Lipinski definition) is 7. The number of aryl methyl sites for hydroxylation is 1. The molecule has 0 aliphatic rings. The summed E-state index contributed by atoms with van der Waals surface area (Å²) in [5.74, 6) is -0.830. The van der Waals surface area contributed by atoms with Gasteiger partial charge in [0, 0.05) is 11.6 Å².